The van der Waals surface area contributed by atoms with E-state index < -0.39 is 0 Å². The summed E-state index contributed by atoms with van der Waals surface area (Å²) < 4.78 is 19.4. The number of benzene rings is 1. The number of thiophene rings is 1. The van der Waals surface area contributed by atoms with Crippen molar-refractivity contribution in [3.05, 3.63) is 52.0 Å². The van der Waals surface area contributed by atoms with Crippen LogP contribution < -0.4 is 10.1 Å². The van der Waals surface area contributed by atoms with E-state index in [9.17, 15) is 14.0 Å². The summed E-state index contributed by atoms with van der Waals surface area (Å²) in [6, 6.07) is 7.54. The highest BCUT2D eigenvalue weighted by atomic mass is 32.1. The van der Waals surface area contributed by atoms with Crippen LogP contribution in [0.1, 0.15) is 43.7 Å². The van der Waals surface area contributed by atoms with Crippen molar-refractivity contribution in [1.29, 1.82) is 0 Å². The number of hydrogen-bond acceptors (Lipinski definition) is 4. The van der Waals surface area contributed by atoms with Crippen molar-refractivity contribution >= 4 is 23.3 Å². The van der Waals surface area contributed by atoms with E-state index in [0.29, 0.717) is 31.3 Å². The molecule has 0 aliphatic carbocycles. The molecule has 1 aromatic heterocycles. The highest BCUT2D eigenvalue weighted by Gasteiger charge is 2.33. The Kier molecular flexibility index (Phi) is 8.50. The van der Waals surface area contributed by atoms with Crippen molar-refractivity contribution in [1.82, 2.24) is 15.1 Å². The van der Waals surface area contributed by atoms with Crippen molar-refractivity contribution in [2.45, 2.75) is 39.7 Å². The van der Waals surface area contributed by atoms with Crippen LogP contribution in [0.25, 0.3) is 0 Å². The molecule has 2 atom stereocenters. The standard InChI is InChI=1S/C24H32FN3O3S/c1-4-17(3)14-27(24(30)26-5-2)15-23(29)28-11-9-22-20(10-12-32-22)21(28)16-31-19-8-6-7-18(25)13-19/h6-8,10,12-13,17,21H,4-5,9,11,14-16H2,1-3H3,(H,26,30)/t17-,21-/m1/s1. The van der Waals surface area contributed by atoms with Gasteiger partial charge in [-0.15, -0.1) is 11.3 Å². The Hall–Kier alpha value is -2.61. The minimum Gasteiger partial charge on any atom is -0.491 e. The van der Waals surface area contributed by atoms with Gasteiger partial charge in [0.15, 0.2) is 0 Å². The highest BCUT2D eigenvalue weighted by Crippen LogP contribution is 2.34. The monoisotopic (exact) mass is 461 g/mol. The Morgan fingerprint density at radius 1 is 1.34 bits per heavy atom. The average Bonchev–Trinajstić information content (AvgIpc) is 3.26. The molecule has 0 spiro atoms. The first-order valence-electron chi connectivity index (χ1n) is 11.2. The molecule has 0 fully saturated rings. The lowest BCUT2D eigenvalue weighted by Crippen LogP contribution is -2.50. The fourth-order valence-corrected chi connectivity index (χ4v) is 4.78. The zero-order valence-corrected chi connectivity index (χ0v) is 19.8. The van der Waals surface area contributed by atoms with E-state index >= 15 is 0 Å². The fourth-order valence-electron chi connectivity index (χ4n) is 3.85. The number of halogens is 1. The molecule has 0 bridgehead atoms. The predicted molar refractivity (Wildman–Crippen MR) is 124 cm³/mol. The second-order valence-corrected chi connectivity index (χ2v) is 9.15. The normalized spacial score (nSPS) is 16.2. The van der Waals surface area contributed by atoms with Gasteiger partial charge in [0, 0.05) is 30.6 Å². The first-order chi connectivity index (χ1) is 15.4. The topological polar surface area (TPSA) is 61.9 Å². The van der Waals surface area contributed by atoms with Gasteiger partial charge in [0.05, 0.1) is 6.04 Å². The molecule has 8 heteroatoms. The molecular formula is C24H32FN3O3S. The molecule has 1 N–H and O–H groups in total. The maximum Gasteiger partial charge on any atom is 0.317 e. The van der Waals surface area contributed by atoms with Crippen LogP contribution >= 0.6 is 11.3 Å². The zero-order chi connectivity index (χ0) is 23.1. The number of carbonyl (C=O) groups excluding carboxylic acids is 2. The molecule has 2 aromatic rings. The number of nitrogens with zero attached hydrogens (tertiary/aromatic N) is 2. The number of ether oxygens (including phenoxy) is 1. The van der Waals surface area contributed by atoms with Crippen LogP contribution in [0.4, 0.5) is 9.18 Å². The summed E-state index contributed by atoms with van der Waals surface area (Å²) in [7, 11) is 0. The number of hydrogen-bond donors (Lipinski definition) is 1. The Morgan fingerprint density at radius 2 is 2.16 bits per heavy atom. The molecule has 3 rings (SSSR count). The van der Waals surface area contributed by atoms with Gasteiger partial charge in [0.25, 0.3) is 0 Å². The summed E-state index contributed by atoms with van der Waals surface area (Å²) in [6.07, 6.45) is 1.71. The van der Waals surface area contributed by atoms with Gasteiger partial charge < -0.3 is 19.9 Å². The van der Waals surface area contributed by atoms with Gasteiger partial charge in [-0.1, -0.05) is 26.3 Å². The van der Waals surface area contributed by atoms with E-state index in [0.717, 1.165) is 18.4 Å². The van der Waals surface area contributed by atoms with E-state index in [-0.39, 0.29) is 36.9 Å². The van der Waals surface area contributed by atoms with E-state index in [1.54, 1.807) is 33.3 Å². The lowest BCUT2D eigenvalue weighted by molar-refractivity contribution is -0.135. The van der Waals surface area contributed by atoms with Gasteiger partial charge in [-0.3, -0.25) is 4.79 Å². The predicted octanol–water partition coefficient (Wildman–Crippen LogP) is 4.47. The summed E-state index contributed by atoms with van der Waals surface area (Å²) in [5.41, 5.74) is 1.07. The molecule has 174 valence electrons. The number of nitrogens with one attached hydrogen (secondary N) is 1. The second kappa shape index (κ2) is 11.3. The molecule has 0 unspecified atom stereocenters. The molecule has 0 saturated carbocycles. The van der Waals surface area contributed by atoms with Crippen LogP contribution in [0.2, 0.25) is 0 Å². The quantitative estimate of drug-likeness (QED) is 0.599. The van der Waals surface area contributed by atoms with E-state index in [4.69, 9.17) is 4.74 Å². The number of rotatable bonds is 9. The third kappa shape index (κ3) is 6.00. The first-order valence-corrected chi connectivity index (χ1v) is 12.1. The van der Waals surface area contributed by atoms with Crippen LogP contribution in [-0.4, -0.2) is 54.5 Å². The molecule has 3 amide bonds. The molecule has 32 heavy (non-hydrogen) atoms. The smallest absolute Gasteiger partial charge is 0.317 e. The van der Waals surface area contributed by atoms with E-state index in [2.05, 4.69) is 19.2 Å². The van der Waals surface area contributed by atoms with Gasteiger partial charge in [-0.2, -0.15) is 0 Å². The molecule has 6 nitrogen and oxygen atoms in total. The zero-order valence-electron chi connectivity index (χ0n) is 19.0. The van der Waals surface area contributed by atoms with Gasteiger partial charge in [0.2, 0.25) is 5.91 Å². The average molecular weight is 462 g/mol. The second-order valence-electron chi connectivity index (χ2n) is 8.15. The Bertz CT molecular complexity index is 919. The number of fused-ring (bicyclic) bond motifs is 1. The van der Waals surface area contributed by atoms with E-state index in [1.807, 2.05) is 18.4 Å². The van der Waals surface area contributed by atoms with Gasteiger partial charge >= 0.3 is 6.03 Å². The van der Waals surface area contributed by atoms with Gasteiger partial charge in [-0.05, 0) is 48.4 Å². The molecule has 1 aliphatic rings. The summed E-state index contributed by atoms with van der Waals surface area (Å²) in [5.74, 6) is 0.255. The van der Waals surface area contributed by atoms with Crippen LogP contribution in [0.5, 0.6) is 5.75 Å². The molecule has 0 saturated heterocycles. The molecule has 1 aliphatic heterocycles. The van der Waals surface area contributed by atoms with Crippen molar-refractivity contribution in [2.24, 2.45) is 5.92 Å². The van der Waals surface area contributed by atoms with Crippen molar-refractivity contribution in [2.75, 3.05) is 32.8 Å². The molecular weight excluding hydrogens is 429 g/mol. The number of carbonyl (C=O) groups is 2. The van der Waals surface area contributed by atoms with Crippen LogP contribution in [-0.2, 0) is 11.2 Å². The fraction of sp³-hybridized carbons (Fsp3) is 0.500. The van der Waals surface area contributed by atoms with Crippen LogP contribution in [0.3, 0.4) is 0 Å². The Morgan fingerprint density at radius 3 is 2.88 bits per heavy atom. The first kappa shape index (κ1) is 24.0. The highest BCUT2D eigenvalue weighted by molar-refractivity contribution is 7.10. The molecule has 1 aromatic carbocycles. The van der Waals surface area contributed by atoms with Crippen LogP contribution in [0.15, 0.2) is 35.7 Å². The summed E-state index contributed by atoms with van der Waals surface area (Å²) in [5, 5.41) is 4.84. The maximum atomic E-state index is 13.6. The largest absolute Gasteiger partial charge is 0.491 e. The number of amides is 3. The summed E-state index contributed by atoms with van der Waals surface area (Å²) in [6.45, 7) is 7.86. The van der Waals surface area contributed by atoms with Crippen molar-refractivity contribution in [3.8, 4) is 5.75 Å². The Labute approximate surface area is 193 Å². The lowest BCUT2D eigenvalue weighted by atomic mass is 10.00. The summed E-state index contributed by atoms with van der Waals surface area (Å²) >= 11 is 1.68. The van der Waals surface area contributed by atoms with Crippen LogP contribution in [0, 0.1) is 11.7 Å². The SMILES string of the molecule is CCNC(=O)N(CC(=O)N1CCc2sccc2[C@H]1COc1cccc(F)c1)C[C@H](C)CC. The van der Waals surface area contributed by atoms with Crippen molar-refractivity contribution in [3.63, 3.8) is 0 Å². The minimum atomic E-state index is -0.363. The summed E-state index contributed by atoms with van der Waals surface area (Å²) in [4.78, 5) is 30.6. The minimum absolute atomic E-state index is 0.0199. The van der Waals surface area contributed by atoms with Crippen molar-refractivity contribution < 1.29 is 18.7 Å². The number of urea groups is 1. The maximum absolute atomic E-state index is 13.6. The van der Waals surface area contributed by atoms with E-state index in [1.165, 1.54) is 17.0 Å². The lowest BCUT2D eigenvalue weighted by Gasteiger charge is -2.37. The molecule has 2 heterocycles. The molecule has 0 radical (unpaired) electrons. The Balaban J connectivity index is 1.76. The third-order valence-electron chi connectivity index (χ3n) is 5.79. The van der Waals surface area contributed by atoms with Gasteiger partial charge in [-0.25, -0.2) is 9.18 Å². The third-order valence-corrected chi connectivity index (χ3v) is 6.79. The van der Waals surface area contributed by atoms with Gasteiger partial charge in [0.1, 0.15) is 24.7 Å².